The Morgan fingerprint density at radius 1 is 1.03 bits per heavy atom. The van der Waals surface area contributed by atoms with E-state index in [-0.39, 0.29) is 36.7 Å². The van der Waals surface area contributed by atoms with Gasteiger partial charge in [0.1, 0.15) is 17.2 Å². The van der Waals surface area contributed by atoms with Crippen LogP contribution in [0, 0.1) is 5.92 Å². The van der Waals surface area contributed by atoms with Gasteiger partial charge in [-0.1, -0.05) is 6.07 Å². The van der Waals surface area contributed by atoms with Gasteiger partial charge in [-0.05, 0) is 37.1 Å². The van der Waals surface area contributed by atoms with E-state index >= 15 is 0 Å². The molecule has 8 nitrogen and oxygen atoms in total. The molecule has 1 aliphatic rings. The molecule has 0 saturated carbocycles. The number of carbonyl (C=O) groups excluding carboxylic acids is 1. The zero-order valence-electron chi connectivity index (χ0n) is 17.9. The number of piperidine rings is 1. The molecule has 1 saturated heterocycles. The van der Waals surface area contributed by atoms with Gasteiger partial charge < -0.3 is 19.5 Å². The van der Waals surface area contributed by atoms with E-state index in [9.17, 15) is 26.4 Å². The van der Waals surface area contributed by atoms with Crippen molar-refractivity contribution in [2.75, 3.05) is 32.6 Å². The fourth-order valence-electron chi connectivity index (χ4n) is 3.49. The number of hydrogen-bond donors (Lipinski definition) is 1. The van der Waals surface area contributed by atoms with Gasteiger partial charge in [-0.15, -0.1) is 13.2 Å². The van der Waals surface area contributed by atoms with Gasteiger partial charge in [0.15, 0.2) is 0 Å². The summed E-state index contributed by atoms with van der Waals surface area (Å²) in [7, 11) is -1.09. The number of rotatable bonds is 7. The third-order valence-corrected chi connectivity index (χ3v) is 7.06. The van der Waals surface area contributed by atoms with Gasteiger partial charge in [0.25, 0.3) is 0 Å². The highest BCUT2D eigenvalue weighted by atomic mass is 32.2. The van der Waals surface area contributed by atoms with Crippen LogP contribution in [0.2, 0.25) is 0 Å². The molecule has 3 rings (SSSR count). The number of hydrogen-bond acceptors (Lipinski definition) is 6. The molecule has 0 spiro atoms. The second-order valence-corrected chi connectivity index (χ2v) is 9.19. The van der Waals surface area contributed by atoms with Gasteiger partial charge in [0.2, 0.25) is 15.9 Å². The number of sulfonamides is 1. The van der Waals surface area contributed by atoms with Gasteiger partial charge in [0.05, 0.1) is 24.8 Å². The molecule has 0 atom stereocenters. The minimum Gasteiger partial charge on any atom is -0.497 e. The number of amides is 1. The first kappa shape index (κ1) is 24.6. The Labute approximate surface area is 189 Å². The van der Waals surface area contributed by atoms with E-state index in [1.54, 1.807) is 18.2 Å². The first-order valence-electron chi connectivity index (χ1n) is 9.92. The maximum atomic E-state index is 12.9. The molecule has 1 fully saturated rings. The van der Waals surface area contributed by atoms with Gasteiger partial charge in [-0.25, -0.2) is 8.42 Å². The average molecular weight is 488 g/mol. The SMILES string of the molecule is COc1ccc(OC)c(NC(=O)C2CCN(S(=O)(=O)c3cccc(OC(F)(F)F)c3)CC2)c1. The first-order valence-corrected chi connectivity index (χ1v) is 11.4. The normalized spacial score (nSPS) is 15.7. The summed E-state index contributed by atoms with van der Waals surface area (Å²) >= 11 is 0. The highest BCUT2D eigenvalue weighted by Crippen LogP contribution is 2.32. The summed E-state index contributed by atoms with van der Waals surface area (Å²) < 4.78 is 78.5. The highest BCUT2D eigenvalue weighted by molar-refractivity contribution is 7.89. The molecule has 0 unspecified atom stereocenters. The van der Waals surface area contributed by atoms with E-state index in [1.807, 2.05) is 0 Å². The largest absolute Gasteiger partial charge is 0.573 e. The number of nitrogens with one attached hydrogen (secondary N) is 1. The number of ether oxygens (including phenoxy) is 3. The Hall–Kier alpha value is -2.99. The van der Waals surface area contributed by atoms with E-state index in [0.717, 1.165) is 16.4 Å². The van der Waals surface area contributed by atoms with Gasteiger partial charge in [-0.3, -0.25) is 4.79 Å². The van der Waals surface area contributed by atoms with Crippen molar-refractivity contribution in [3.8, 4) is 17.2 Å². The predicted octanol–water partition coefficient (Wildman–Crippen LogP) is 3.64. The molecule has 1 aliphatic heterocycles. The lowest BCUT2D eigenvalue weighted by Crippen LogP contribution is -2.41. The Kier molecular flexibility index (Phi) is 7.38. The van der Waals surface area contributed by atoms with Crippen LogP contribution in [0.3, 0.4) is 0 Å². The van der Waals surface area contributed by atoms with Crippen molar-refractivity contribution >= 4 is 21.6 Å². The van der Waals surface area contributed by atoms with E-state index in [0.29, 0.717) is 17.2 Å². The standard InChI is InChI=1S/C21H23F3N2O6S/c1-30-15-6-7-19(31-2)18(13-15)25-20(27)14-8-10-26(11-9-14)33(28,29)17-5-3-4-16(12-17)32-21(22,23)24/h3-7,12-14H,8-11H2,1-2H3,(H,25,27). The van der Waals surface area contributed by atoms with Crippen molar-refractivity contribution in [3.05, 3.63) is 42.5 Å². The van der Waals surface area contributed by atoms with E-state index in [4.69, 9.17) is 9.47 Å². The minimum absolute atomic E-state index is 0.0417. The number of halogens is 3. The maximum Gasteiger partial charge on any atom is 0.573 e. The summed E-state index contributed by atoms with van der Waals surface area (Å²) in [5.41, 5.74) is 0.429. The molecular weight excluding hydrogens is 465 g/mol. The quantitative estimate of drug-likeness (QED) is 0.640. The average Bonchev–Trinajstić information content (AvgIpc) is 2.78. The molecule has 180 valence electrons. The summed E-state index contributed by atoms with van der Waals surface area (Å²) in [6, 6.07) is 9.19. The number of alkyl halides is 3. The van der Waals surface area contributed by atoms with Gasteiger partial charge >= 0.3 is 6.36 Å². The topological polar surface area (TPSA) is 94.2 Å². The molecule has 1 heterocycles. The lowest BCUT2D eigenvalue weighted by Gasteiger charge is -2.30. The molecule has 2 aromatic carbocycles. The second-order valence-electron chi connectivity index (χ2n) is 7.26. The lowest BCUT2D eigenvalue weighted by molar-refractivity contribution is -0.274. The third kappa shape index (κ3) is 6.08. The summed E-state index contributed by atoms with van der Waals surface area (Å²) in [5, 5.41) is 2.79. The highest BCUT2D eigenvalue weighted by Gasteiger charge is 2.34. The van der Waals surface area contributed by atoms with Crippen LogP contribution in [0.5, 0.6) is 17.2 Å². The smallest absolute Gasteiger partial charge is 0.497 e. The predicted molar refractivity (Wildman–Crippen MR) is 113 cm³/mol. The molecule has 2 aromatic rings. The summed E-state index contributed by atoms with van der Waals surface area (Å²) in [6.45, 7) is 0.0834. The Balaban J connectivity index is 1.66. The monoisotopic (exact) mass is 488 g/mol. The van der Waals surface area contributed by atoms with Gasteiger partial charge in [-0.2, -0.15) is 4.31 Å². The number of nitrogens with zero attached hydrogens (tertiary/aromatic N) is 1. The fraction of sp³-hybridized carbons (Fsp3) is 0.381. The van der Waals surface area contributed by atoms with Crippen molar-refractivity contribution in [1.29, 1.82) is 0 Å². The summed E-state index contributed by atoms with van der Waals surface area (Å²) in [5.74, 6) is -0.384. The third-order valence-electron chi connectivity index (χ3n) is 5.17. The summed E-state index contributed by atoms with van der Waals surface area (Å²) in [6.07, 6.45) is -4.44. The Morgan fingerprint density at radius 3 is 2.33 bits per heavy atom. The van der Waals surface area contributed by atoms with Crippen LogP contribution >= 0.6 is 0 Å². The number of methoxy groups -OCH3 is 2. The number of benzene rings is 2. The van der Waals surface area contributed by atoms with Crippen LogP contribution in [-0.4, -0.2) is 52.3 Å². The Morgan fingerprint density at radius 2 is 1.73 bits per heavy atom. The first-order chi connectivity index (χ1) is 15.5. The molecule has 0 bridgehead atoms. The van der Waals surface area contributed by atoms with Crippen LogP contribution in [-0.2, 0) is 14.8 Å². The van der Waals surface area contributed by atoms with Crippen LogP contribution in [0.1, 0.15) is 12.8 Å². The van der Waals surface area contributed by atoms with Crippen LogP contribution < -0.4 is 19.5 Å². The Bertz CT molecular complexity index is 1100. The number of carbonyl (C=O) groups is 1. The molecule has 1 N–H and O–H groups in total. The van der Waals surface area contributed by atoms with Gasteiger partial charge in [0, 0.05) is 31.1 Å². The molecule has 33 heavy (non-hydrogen) atoms. The van der Waals surface area contributed by atoms with E-state index in [2.05, 4.69) is 10.1 Å². The zero-order valence-corrected chi connectivity index (χ0v) is 18.7. The van der Waals surface area contributed by atoms with Crippen LogP contribution in [0.25, 0.3) is 0 Å². The molecule has 0 aliphatic carbocycles. The van der Waals surface area contributed by atoms with Crippen molar-refractivity contribution in [3.63, 3.8) is 0 Å². The zero-order chi connectivity index (χ0) is 24.2. The number of anilines is 1. The molecule has 12 heteroatoms. The fourth-order valence-corrected chi connectivity index (χ4v) is 4.99. The van der Waals surface area contributed by atoms with Crippen molar-refractivity contribution in [1.82, 2.24) is 4.31 Å². The minimum atomic E-state index is -4.93. The molecular formula is C21H23F3N2O6S. The van der Waals surface area contributed by atoms with Crippen molar-refractivity contribution in [2.24, 2.45) is 5.92 Å². The van der Waals surface area contributed by atoms with E-state index < -0.39 is 28.1 Å². The van der Waals surface area contributed by atoms with Crippen LogP contribution in [0.15, 0.2) is 47.4 Å². The second kappa shape index (κ2) is 9.87. The maximum absolute atomic E-state index is 12.9. The summed E-state index contributed by atoms with van der Waals surface area (Å²) in [4.78, 5) is 12.4. The van der Waals surface area contributed by atoms with Crippen LogP contribution in [0.4, 0.5) is 18.9 Å². The van der Waals surface area contributed by atoms with Crippen molar-refractivity contribution < 1.29 is 40.6 Å². The molecule has 0 aromatic heterocycles. The lowest BCUT2D eigenvalue weighted by atomic mass is 9.97. The van der Waals surface area contributed by atoms with E-state index in [1.165, 1.54) is 26.4 Å². The molecule has 1 amide bonds. The van der Waals surface area contributed by atoms with Crippen molar-refractivity contribution in [2.45, 2.75) is 24.1 Å². The molecule has 0 radical (unpaired) electrons.